The van der Waals surface area contributed by atoms with Crippen molar-refractivity contribution < 1.29 is 9.13 Å². The minimum atomic E-state index is -0.362. The predicted molar refractivity (Wildman–Crippen MR) is 76.2 cm³/mol. The van der Waals surface area contributed by atoms with Crippen LogP contribution in [0.3, 0.4) is 0 Å². The minimum absolute atomic E-state index is 0.188. The molecule has 0 bridgehead atoms. The summed E-state index contributed by atoms with van der Waals surface area (Å²) in [6.45, 7) is 2.05. The smallest absolute Gasteiger partial charge is 0.165 e. The van der Waals surface area contributed by atoms with Gasteiger partial charge in [0.15, 0.2) is 11.6 Å². The van der Waals surface area contributed by atoms with Crippen LogP contribution >= 0.6 is 0 Å². The van der Waals surface area contributed by atoms with Crippen molar-refractivity contribution in [1.29, 1.82) is 0 Å². The summed E-state index contributed by atoms with van der Waals surface area (Å²) in [6.07, 6.45) is 3.34. The largest absolute Gasteiger partial charge is 0.494 e. The van der Waals surface area contributed by atoms with Gasteiger partial charge in [0.1, 0.15) is 0 Å². The SMILES string of the molecule is CCc1nn(C)cc1C(N)Cc1ccc(OC)c(F)c1. The average molecular weight is 277 g/mol. The Morgan fingerprint density at radius 3 is 2.80 bits per heavy atom. The van der Waals surface area contributed by atoms with Crippen molar-refractivity contribution in [2.45, 2.75) is 25.8 Å². The number of halogens is 1. The van der Waals surface area contributed by atoms with E-state index < -0.39 is 0 Å². The van der Waals surface area contributed by atoms with Crippen LogP contribution < -0.4 is 10.5 Å². The number of hydrogen-bond donors (Lipinski definition) is 1. The molecule has 0 aliphatic rings. The molecule has 5 heteroatoms. The number of aromatic nitrogens is 2. The summed E-state index contributed by atoms with van der Waals surface area (Å²) in [7, 11) is 3.33. The lowest BCUT2D eigenvalue weighted by Gasteiger charge is -2.12. The molecule has 0 fully saturated rings. The maximum Gasteiger partial charge on any atom is 0.165 e. The van der Waals surface area contributed by atoms with Crippen LogP contribution in [-0.4, -0.2) is 16.9 Å². The summed E-state index contributed by atoms with van der Waals surface area (Å²) >= 11 is 0. The van der Waals surface area contributed by atoms with Crippen molar-refractivity contribution in [2.75, 3.05) is 7.11 Å². The zero-order valence-corrected chi connectivity index (χ0v) is 12.1. The van der Waals surface area contributed by atoms with Gasteiger partial charge < -0.3 is 10.5 Å². The summed E-state index contributed by atoms with van der Waals surface area (Å²) in [6, 6.07) is 4.75. The minimum Gasteiger partial charge on any atom is -0.494 e. The number of benzene rings is 1. The van der Waals surface area contributed by atoms with Gasteiger partial charge in [-0.2, -0.15) is 5.10 Å². The summed E-state index contributed by atoms with van der Waals surface area (Å²) in [5.41, 5.74) is 9.09. The molecule has 0 saturated carbocycles. The van der Waals surface area contributed by atoms with Crippen molar-refractivity contribution in [3.63, 3.8) is 0 Å². The fraction of sp³-hybridized carbons (Fsp3) is 0.400. The number of methoxy groups -OCH3 is 1. The third kappa shape index (κ3) is 2.99. The second-order valence-corrected chi connectivity index (χ2v) is 4.84. The van der Waals surface area contributed by atoms with Crippen molar-refractivity contribution in [2.24, 2.45) is 12.8 Å². The van der Waals surface area contributed by atoms with Crippen LogP contribution in [0.4, 0.5) is 4.39 Å². The molecule has 0 saturated heterocycles. The molecule has 1 aromatic heterocycles. The average Bonchev–Trinajstić information content (AvgIpc) is 2.80. The fourth-order valence-electron chi connectivity index (χ4n) is 2.34. The van der Waals surface area contributed by atoms with Gasteiger partial charge in [-0.1, -0.05) is 13.0 Å². The van der Waals surface area contributed by atoms with Crippen LogP contribution in [0.25, 0.3) is 0 Å². The van der Waals surface area contributed by atoms with Crippen molar-refractivity contribution in [1.82, 2.24) is 9.78 Å². The van der Waals surface area contributed by atoms with E-state index in [-0.39, 0.29) is 17.6 Å². The van der Waals surface area contributed by atoms with Crippen molar-refractivity contribution >= 4 is 0 Å². The zero-order valence-electron chi connectivity index (χ0n) is 12.1. The number of aryl methyl sites for hydroxylation is 2. The highest BCUT2D eigenvalue weighted by Gasteiger charge is 2.15. The Kier molecular flexibility index (Phi) is 4.39. The third-order valence-electron chi connectivity index (χ3n) is 3.34. The Morgan fingerprint density at radius 2 is 2.20 bits per heavy atom. The van der Waals surface area contributed by atoms with Gasteiger partial charge in [0, 0.05) is 24.8 Å². The summed E-state index contributed by atoms with van der Waals surface area (Å²) < 4.78 is 20.3. The second-order valence-electron chi connectivity index (χ2n) is 4.84. The predicted octanol–water partition coefficient (Wildman–Crippen LogP) is 2.37. The monoisotopic (exact) mass is 277 g/mol. The van der Waals surface area contributed by atoms with Gasteiger partial charge in [-0.15, -0.1) is 0 Å². The van der Waals surface area contributed by atoms with E-state index in [9.17, 15) is 4.39 Å². The van der Waals surface area contributed by atoms with E-state index in [1.807, 2.05) is 26.2 Å². The van der Waals surface area contributed by atoms with E-state index in [2.05, 4.69) is 5.10 Å². The van der Waals surface area contributed by atoms with Gasteiger partial charge in [-0.05, 0) is 30.5 Å². The molecule has 1 atom stereocenters. The molecule has 0 amide bonds. The highest BCUT2D eigenvalue weighted by atomic mass is 19.1. The number of nitrogens with zero attached hydrogens (tertiary/aromatic N) is 2. The quantitative estimate of drug-likeness (QED) is 0.913. The summed E-state index contributed by atoms with van der Waals surface area (Å²) in [4.78, 5) is 0. The molecule has 4 nitrogen and oxygen atoms in total. The first-order valence-corrected chi connectivity index (χ1v) is 6.65. The molecule has 1 heterocycles. The fourth-order valence-corrected chi connectivity index (χ4v) is 2.34. The van der Waals surface area contributed by atoms with Gasteiger partial charge in [0.2, 0.25) is 0 Å². The van der Waals surface area contributed by atoms with Crippen LogP contribution in [0, 0.1) is 5.82 Å². The first kappa shape index (κ1) is 14.5. The van der Waals surface area contributed by atoms with E-state index in [0.717, 1.165) is 23.2 Å². The van der Waals surface area contributed by atoms with Crippen LogP contribution in [0.1, 0.15) is 29.8 Å². The van der Waals surface area contributed by atoms with Crippen LogP contribution in [0.15, 0.2) is 24.4 Å². The Bertz CT molecular complexity index is 595. The highest BCUT2D eigenvalue weighted by molar-refractivity contribution is 5.31. The molecule has 2 aromatic rings. The normalized spacial score (nSPS) is 12.4. The lowest BCUT2D eigenvalue weighted by atomic mass is 9.99. The van der Waals surface area contributed by atoms with E-state index in [1.165, 1.54) is 13.2 Å². The van der Waals surface area contributed by atoms with E-state index in [1.54, 1.807) is 10.7 Å². The summed E-state index contributed by atoms with van der Waals surface area (Å²) in [5.74, 6) is -0.114. The van der Waals surface area contributed by atoms with Crippen molar-refractivity contribution in [3.8, 4) is 5.75 Å². The lowest BCUT2D eigenvalue weighted by molar-refractivity contribution is 0.386. The van der Waals surface area contributed by atoms with Gasteiger partial charge >= 0.3 is 0 Å². The Hall–Kier alpha value is -1.88. The number of rotatable bonds is 5. The molecule has 1 unspecified atom stereocenters. The molecule has 2 N–H and O–H groups in total. The second kappa shape index (κ2) is 6.05. The number of nitrogens with two attached hydrogens (primary N) is 1. The van der Waals surface area contributed by atoms with E-state index >= 15 is 0 Å². The van der Waals surface area contributed by atoms with Gasteiger partial charge in [0.25, 0.3) is 0 Å². The molecule has 0 aliphatic heterocycles. The standard InChI is InChI=1S/C15H20FN3O/c1-4-14-11(9-19(2)18-14)13(17)8-10-5-6-15(20-3)12(16)7-10/h5-7,9,13H,4,8,17H2,1-3H3. The van der Waals surface area contributed by atoms with Crippen LogP contribution in [0.2, 0.25) is 0 Å². The first-order valence-electron chi connectivity index (χ1n) is 6.65. The molecule has 2 rings (SSSR count). The molecule has 0 aliphatic carbocycles. The van der Waals surface area contributed by atoms with E-state index in [4.69, 9.17) is 10.5 Å². The van der Waals surface area contributed by atoms with Crippen LogP contribution in [0.5, 0.6) is 5.75 Å². The molecular formula is C15H20FN3O. The third-order valence-corrected chi connectivity index (χ3v) is 3.34. The maximum absolute atomic E-state index is 13.7. The lowest BCUT2D eigenvalue weighted by Crippen LogP contribution is -2.14. The molecule has 108 valence electrons. The first-order chi connectivity index (χ1) is 9.55. The molecule has 1 aromatic carbocycles. The molecule has 20 heavy (non-hydrogen) atoms. The molecule has 0 spiro atoms. The van der Waals surface area contributed by atoms with E-state index in [0.29, 0.717) is 6.42 Å². The molecule has 0 radical (unpaired) electrons. The Labute approximate surface area is 118 Å². The van der Waals surface area contributed by atoms with Gasteiger partial charge in [0.05, 0.1) is 12.8 Å². The maximum atomic E-state index is 13.7. The van der Waals surface area contributed by atoms with Gasteiger partial charge in [-0.25, -0.2) is 4.39 Å². The van der Waals surface area contributed by atoms with Crippen LogP contribution in [-0.2, 0) is 19.9 Å². The summed E-state index contributed by atoms with van der Waals surface area (Å²) in [5, 5.41) is 4.38. The van der Waals surface area contributed by atoms with Crippen molar-refractivity contribution in [3.05, 3.63) is 47.0 Å². The Morgan fingerprint density at radius 1 is 1.45 bits per heavy atom. The molecular weight excluding hydrogens is 257 g/mol. The number of ether oxygens (including phenoxy) is 1. The topological polar surface area (TPSA) is 53.1 Å². The Balaban J connectivity index is 2.18. The zero-order chi connectivity index (χ0) is 14.7. The van der Waals surface area contributed by atoms with Gasteiger partial charge in [-0.3, -0.25) is 4.68 Å². The number of hydrogen-bond acceptors (Lipinski definition) is 3. The highest BCUT2D eigenvalue weighted by Crippen LogP contribution is 2.23.